The maximum absolute atomic E-state index is 12.6. The summed E-state index contributed by atoms with van der Waals surface area (Å²) in [6.07, 6.45) is 5.07. The van der Waals surface area contributed by atoms with E-state index in [0.29, 0.717) is 6.42 Å². The van der Waals surface area contributed by atoms with Crippen molar-refractivity contribution in [3.05, 3.63) is 71.3 Å². The van der Waals surface area contributed by atoms with Gasteiger partial charge in [0.1, 0.15) is 0 Å². The summed E-state index contributed by atoms with van der Waals surface area (Å²) in [4.78, 5) is 30.6. The van der Waals surface area contributed by atoms with Gasteiger partial charge >= 0.3 is 0 Å². The van der Waals surface area contributed by atoms with E-state index in [1.54, 1.807) is 6.08 Å². The lowest BCUT2D eigenvalue weighted by Crippen LogP contribution is -2.47. The monoisotopic (exact) mass is 403 g/mol. The van der Waals surface area contributed by atoms with E-state index in [-0.39, 0.29) is 11.8 Å². The zero-order valence-electron chi connectivity index (χ0n) is 17.6. The van der Waals surface area contributed by atoms with Crippen molar-refractivity contribution in [2.24, 2.45) is 0 Å². The molecule has 0 aromatic heterocycles. The first kappa shape index (κ1) is 20.4. The van der Waals surface area contributed by atoms with Crippen molar-refractivity contribution in [3.63, 3.8) is 0 Å². The number of carbonyl (C=O) groups excluding carboxylic acids is 2. The quantitative estimate of drug-likeness (QED) is 0.718. The molecule has 2 aromatic carbocycles. The standard InChI is InChI=1S/C25H29N3O2/c1-20-4-2-5-22(18-20)19-26-14-16-27(17-15-26)24(29)12-9-21-7-10-23(11-8-21)28-13-3-6-25(28)30/h2,4-5,7-12,18H,3,6,13-17,19H2,1H3/b12-9+. The van der Waals surface area contributed by atoms with Crippen LogP contribution in [-0.2, 0) is 16.1 Å². The molecule has 0 atom stereocenters. The Morgan fingerprint density at radius 1 is 1.00 bits per heavy atom. The highest BCUT2D eigenvalue weighted by molar-refractivity contribution is 5.95. The lowest BCUT2D eigenvalue weighted by molar-refractivity contribution is -0.127. The van der Waals surface area contributed by atoms with Crippen LogP contribution in [0.25, 0.3) is 6.08 Å². The molecule has 5 nitrogen and oxygen atoms in total. The molecule has 2 heterocycles. The normalized spacial score (nSPS) is 17.8. The summed E-state index contributed by atoms with van der Waals surface area (Å²) >= 11 is 0. The van der Waals surface area contributed by atoms with Crippen LogP contribution in [0.4, 0.5) is 5.69 Å². The molecule has 0 bridgehead atoms. The predicted octanol–water partition coefficient (Wildman–Crippen LogP) is 3.48. The summed E-state index contributed by atoms with van der Waals surface area (Å²) in [5.74, 6) is 0.249. The molecule has 4 rings (SSSR count). The van der Waals surface area contributed by atoms with E-state index in [1.165, 1.54) is 11.1 Å². The van der Waals surface area contributed by atoms with E-state index >= 15 is 0 Å². The third-order valence-electron chi connectivity index (χ3n) is 5.87. The summed E-state index contributed by atoms with van der Waals surface area (Å²) in [5, 5.41) is 0. The number of benzene rings is 2. The van der Waals surface area contributed by atoms with E-state index in [0.717, 1.165) is 56.9 Å². The van der Waals surface area contributed by atoms with Gasteiger partial charge in [-0.2, -0.15) is 0 Å². The third kappa shape index (κ3) is 4.97. The van der Waals surface area contributed by atoms with Crippen LogP contribution in [0, 0.1) is 6.92 Å². The summed E-state index contributed by atoms with van der Waals surface area (Å²) < 4.78 is 0. The molecule has 30 heavy (non-hydrogen) atoms. The summed E-state index contributed by atoms with van der Waals surface area (Å²) in [5.41, 5.74) is 4.52. The van der Waals surface area contributed by atoms with E-state index in [4.69, 9.17) is 0 Å². The number of anilines is 1. The van der Waals surface area contributed by atoms with E-state index in [2.05, 4.69) is 36.1 Å². The summed E-state index contributed by atoms with van der Waals surface area (Å²) in [7, 11) is 0. The minimum Gasteiger partial charge on any atom is -0.337 e. The third-order valence-corrected chi connectivity index (χ3v) is 5.87. The van der Waals surface area contributed by atoms with Gasteiger partial charge in [0.25, 0.3) is 0 Å². The smallest absolute Gasteiger partial charge is 0.246 e. The Balaban J connectivity index is 1.27. The summed E-state index contributed by atoms with van der Waals surface area (Å²) in [6, 6.07) is 16.4. The highest BCUT2D eigenvalue weighted by atomic mass is 16.2. The van der Waals surface area contributed by atoms with Gasteiger partial charge in [-0.25, -0.2) is 0 Å². The van der Waals surface area contributed by atoms with Crippen molar-refractivity contribution < 1.29 is 9.59 Å². The molecule has 2 saturated heterocycles. The molecule has 0 unspecified atom stereocenters. The molecule has 0 N–H and O–H groups in total. The molecular weight excluding hydrogens is 374 g/mol. The van der Waals surface area contributed by atoms with Crippen LogP contribution in [0.1, 0.15) is 29.5 Å². The molecule has 0 radical (unpaired) electrons. The molecule has 0 saturated carbocycles. The molecular formula is C25H29N3O2. The maximum Gasteiger partial charge on any atom is 0.246 e. The maximum atomic E-state index is 12.6. The van der Waals surface area contributed by atoms with E-state index in [9.17, 15) is 9.59 Å². The zero-order valence-corrected chi connectivity index (χ0v) is 17.6. The second-order valence-electron chi connectivity index (χ2n) is 8.16. The predicted molar refractivity (Wildman–Crippen MR) is 120 cm³/mol. The molecule has 0 aliphatic carbocycles. The van der Waals surface area contributed by atoms with Gasteiger partial charge in [0.05, 0.1) is 0 Å². The Bertz CT molecular complexity index is 928. The van der Waals surface area contributed by atoms with Crippen molar-refractivity contribution in [2.45, 2.75) is 26.3 Å². The Morgan fingerprint density at radius 3 is 2.43 bits per heavy atom. The van der Waals surface area contributed by atoms with Gasteiger partial charge in [0, 0.05) is 57.5 Å². The lowest BCUT2D eigenvalue weighted by atomic mass is 10.1. The molecule has 2 aliphatic rings. The van der Waals surface area contributed by atoms with Crippen LogP contribution in [0.2, 0.25) is 0 Å². The van der Waals surface area contributed by atoms with E-state index < -0.39 is 0 Å². The van der Waals surface area contributed by atoms with Gasteiger partial charge in [0.2, 0.25) is 11.8 Å². The minimum atomic E-state index is 0.0593. The van der Waals surface area contributed by atoms with Crippen LogP contribution < -0.4 is 4.90 Å². The Morgan fingerprint density at radius 2 is 1.77 bits per heavy atom. The van der Waals surface area contributed by atoms with Crippen molar-refractivity contribution in [3.8, 4) is 0 Å². The average Bonchev–Trinajstić information content (AvgIpc) is 3.19. The fourth-order valence-corrected chi connectivity index (χ4v) is 4.15. The number of nitrogens with zero attached hydrogens (tertiary/aromatic N) is 3. The number of carbonyl (C=O) groups is 2. The molecule has 2 aromatic rings. The summed E-state index contributed by atoms with van der Waals surface area (Å²) in [6.45, 7) is 7.15. The number of amides is 2. The first-order chi connectivity index (χ1) is 14.6. The Labute approximate surface area is 178 Å². The van der Waals surface area contributed by atoms with Crippen LogP contribution in [0.3, 0.4) is 0 Å². The lowest BCUT2D eigenvalue weighted by Gasteiger charge is -2.34. The fourth-order valence-electron chi connectivity index (χ4n) is 4.15. The van der Waals surface area contributed by atoms with Crippen molar-refractivity contribution in [1.29, 1.82) is 0 Å². The van der Waals surface area contributed by atoms with Gasteiger partial charge in [0.15, 0.2) is 0 Å². The molecule has 5 heteroatoms. The molecule has 2 fully saturated rings. The van der Waals surface area contributed by atoms with E-state index in [1.807, 2.05) is 40.1 Å². The number of aryl methyl sites for hydroxylation is 1. The van der Waals surface area contributed by atoms with Gasteiger partial charge in [-0.15, -0.1) is 0 Å². The molecule has 2 amide bonds. The topological polar surface area (TPSA) is 43.9 Å². The average molecular weight is 404 g/mol. The van der Waals surface area contributed by atoms with Crippen molar-refractivity contribution in [2.75, 3.05) is 37.6 Å². The van der Waals surface area contributed by atoms with Gasteiger partial charge in [-0.05, 0) is 42.7 Å². The number of hydrogen-bond donors (Lipinski definition) is 0. The number of piperazine rings is 1. The van der Waals surface area contributed by atoms with Crippen LogP contribution in [0.15, 0.2) is 54.6 Å². The van der Waals surface area contributed by atoms with Crippen LogP contribution in [0.5, 0.6) is 0 Å². The van der Waals surface area contributed by atoms with Crippen LogP contribution >= 0.6 is 0 Å². The molecule has 156 valence electrons. The van der Waals surface area contributed by atoms with Gasteiger partial charge in [-0.1, -0.05) is 42.0 Å². The van der Waals surface area contributed by atoms with Gasteiger partial charge < -0.3 is 9.80 Å². The fraction of sp³-hybridized carbons (Fsp3) is 0.360. The first-order valence-electron chi connectivity index (χ1n) is 10.7. The zero-order chi connectivity index (χ0) is 20.9. The second kappa shape index (κ2) is 9.26. The number of hydrogen-bond acceptors (Lipinski definition) is 3. The minimum absolute atomic E-state index is 0.0593. The van der Waals surface area contributed by atoms with Crippen LogP contribution in [-0.4, -0.2) is 54.3 Å². The Kier molecular flexibility index (Phi) is 6.29. The molecule has 2 aliphatic heterocycles. The second-order valence-corrected chi connectivity index (χ2v) is 8.16. The van der Waals surface area contributed by atoms with Crippen molar-refractivity contribution in [1.82, 2.24) is 9.80 Å². The first-order valence-corrected chi connectivity index (χ1v) is 10.7. The van der Waals surface area contributed by atoms with Gasteiger partial charge in [-0.3, -0.25) is 14.5 Å². The number of rotatable bonds is 5. The highest BCUT2D eigenvalue weighted by Crippen LogP contribution is 2.22. The Hall–Kier alpha value is -2.92. The highest BCUT2D eigenvalue weighted by Gasteiger charge is 2.21. The van der Waals surface area contributed by atoms with Crippen molar-refractivity contribution >= 4 is 23.6 Å². The SMILES string of the molecule is Cc1cccc(CN2CCN(C(=O)/C=C/c3ccc(N4CCCC4=O)cc3)CC2)c1. The largest absolute Gasteiger partial charge is 0.337 e. The molecule has 0 spiro atoms.